The quantitative estimate of drug-likeness (QED) is 0.262. The maximum Gasteiger partial charge on any atom is 0.258 e. The molecule has 3 aromatic rings. The molecule has 0 unspecified atom stereocenters. The Labute approximate surface area is 216 Å². The van der Waals surface area contributed by atoms with E-state index in [-0.39, 0.29) is 11.5 Å². The van der Waals surface area contributed by atoms with Crippen molar-refractivity contribution in [2.24, 2.45) is 5.10 Å². The Morgan fingerprint density at radius 1 is 1.03 bits per heavy atom. The van der Waals surface area contributed by atoms with Crippen LogP contribution in [0.2, 0.25) is 5.02 Å². The van der Waals surface area contributed by atoms with Crippen LogP contribution < -0.4 is 10.6 Å². The molecule has 0 saturated heterocycles. The summed E-state index contributed by atoms with van der Waals surface area (Å²) in [6, 6.07) is 14.9. The van der Waals surface area contributed by atoms with E-state index in [4.69, 9.17) is 18.0 Å². The zero-order chi connectivity index (χ0) is 26.1. The van der Waals surface area contributed by atoms with E-state index in [1.807, 2.05) is 26.2 Å². The van der Waals surface area contributed by atoms with Crippen LogP contribution in [0.1, 0.15) is 31.8 Å². The highest BCUT2D eigenvalue weighted by molar-refractivity contribution is 6.31. The number of benzene rings is 2. The summed E-state index contributed by atoms with van der Waals surface area (Å²) in [6.07, 6.45) is 8.55. The van der Waals surface area contributed by atoms with Gasteiger partial charge in [-0.3, -0.25) is 14.6 Å². The van der Waals surface area contributed by atoms with E-state index in [9.17, 15) is 9.59 Å². The largest absolute Gasteiger partial charge is 0.321 e. The highest BCUT2D eigenvalue weighted by Gasteiger charge is 2.16. The number of terminal acetylenes is 1. The molecule has 2 amide bonds. The van der Waals surface area contributed by atoms with Gasteiger partial charge in [-0.1, -0.05) is 29.7 Å². The Kier molecular flexibility index (Phi) is 9.17. The van der Waals surface area contributed by atoms with Crippen molar-refractivity contribution in [3.8, 4) is 12.3 Å². The molecule has 2 N–H and O–H groups in total. The second kappa shape index (κ2) is 12.5. The number of likely N-dealkylation sites (N-methyl/N-ethyl adjacent to an activating group) is 2. The van der Waals surface area contributed by atoms with Gasteiger partial charge < -0.3 is 15.5 Å². The molecule has 1 aromatic heterocycles. The lowest BCUT2D eigenvalue weighted by Gasteiger charge is -2.16. The predicted octanol–water partition coefficient (Wildman–Crippen LogP) is 4.05. The number of hydrogen-bond donors (Lipinski definition) is 2. The van der Waals surface area contributed by atoms with Crippen molar-refractivity contribution in [1.29, 1.82) is 0 Å². The zero-order valence-electron chi connectivity index (χ0n) is 20.3. The second-order valence-electron chi connectivity index (χ2n) is 8.23. The lowest BCUT2D eigenvalue weighted by molar-refractivity contribution is 0.102. The van der Waals surface area contributed by atoms with Crippen LogP contribution in [0.3, 0.4) is 0 Å². The number of aromatic nitrogens is 1. The fourth-order valence-corrected chi connectivity index (χ4v) is 3.21. The number of carbonyl (C=O) groups is 2. The molecular weight excluding hydrogens is 476 g/mol. The molecule has 0 bridgehead atoms. The lowest BCUT2D eigenvalue weighted by atomic mass is 10.1. The molecule has 0 fully saturated rings. The molecule has 2 aromatic carbocycles. The van der Waals surface area contributed by atoms with Crippen LogP contribution >= 0.6 is 11.6 Å². The van der Waals surface area contributed by atoms with E-state index >= 15 is 0 Å². The van der Waals surface area contributed by atoms with E-state index in [0.717, 1.165) is 18.7 Å². The lowest BCUT2D eigenvalue weighted by Crippen LogP contribution is -2.25. The van der Waals surface area contributed by atoms with Crippen LogP contribution in [-0.2, 0) is 0 Å². The monoisotopic (exact) mass is 502 g/mol. The fraction of sp³-hybridized carbons (Fsp3) is 0.185. The van der Waals surface area contributed by atoms with Gasteiger partial charge in [-0.25, -0.2) is 4.98 Å². The summed E-state index contributed by atoms with van der Waals surface area (Å²) in [6.45, 7) is 1.69. The summed E-state index contributed by atoms with van der Waals surface area (Å²) < 4.78 is 0. The van der Waals surface area contributed by atoms with Gasteiger partial charge in [0.1, 0.15) is 5.82 Å². The van der Waals surface area contributed by atoms with Crippen molar-refractivity contribution in [2.75, 3.05) is 44.9 Å². The molecular formula is C27H27ClN6O2. The molecule has 0 saturated carbocycles. The van der Waals surface area contributed by atoms with E-state index in [0.29, 0.717) is 27.7 Å². The number of hydrogen-bond acceptors (Lipinski definition) is 6. The topological polar surface area (TPSA) is 89.9 Å². The van der Waals surface area contributed by atoms with Crippen molar-refractivity contribution in [1.82, 2.24) is 14.9 Å². The average molecular weight is 503 g/mol. The highest BCUT2D eigenvalue weighted by atomic mass is 35.5. The fourth-order valence-electron chi connectivity index (χ4n) is 3.03. The van der Waals surface area contributed by atoms with Gasteiger partial charge in [0, 0.05) is 42.5 Å². The van der Waals surface area contributed by atoms with Gasteiger partial charge in [0.05, 0.1) is 17.5 Å². The number of nitrogens with zero attached hydrogens (tertiary/aromatic N) is 4. The van der Waals surface area contributed by atoms with E-state index < -0.39 is 5.91 Å². The van der Waals surface area contributed by atoms with Crippen LogP contribution in [0.4, 0.5) is 11.5 Å². The Balaban J connectivity index is 1.68. The Morgan fingerprint density at radius 3 is 2.42 bits per heavy atom. The Morgan fingerprint density at radius 2 is 1.78 bits per heavy atom. The molecule has 3 rings (SSSR count). The van der Waals surface area contributed by atoms with Crippen molar-refractivity contribution < 1.29 is 9.59 Å². The first-order valence-electron chi connectivity index (χ1n) is 11.1. The summed E-state index contributed by atoms with van der Waals surface area (Å²) in [5, 5.41) is 12.1. The molecule has 1 heterocycles. The van der Waals surface area contributed by atoms with Crippen molar-refractivity contribution >= 4 is 41.1 Å². The van der Waals surface area contributed by atoms with Crippen molar-refractivity contribution in [3.63, 3.8) is 0 Å². The first-order valence-corrected chi connectivity index (χ1v) is 11.5. The van der Waals surface area contributed by atoms with Gasteiger partial charge in [-0.15, -0.1) is 6.42 Å². The third-order valence-electron chi connectivity index (χ3n) is 5.09. The smallest absolute Gasteiger partial charge is 0.258 e. The molecule has 0 atom stereocenters. The minimum absolute atomic E-state index is 0.197. The number of pyridine rings is 1. The van der Waals surface area contributed by atoms with Crippen LogP contribution in [0.5, 0.6) is 0 Å². The Bertz CT molecular complexity index is 1280. The van der Waals surface area contributed by atoms with Crippen molar-refractivity contribution in [2.45, 2.75) is 0 Å². The number of anilines is 2. The normalized spacial score (nSPS) is 10.8. The first kappa shape index (κ1) is 26.4. The summed E-state index contributed by atoms with van der Waals surface area (Å²) in [5.41, 5.74) is 2.40. The molecule has 184 valence electrons. The maximum absolute atomic E-state index is 12.9. The summed E-state index contributed by atoms with van der Waals surface area (Å²) >= 11 is 6.11. The second-order valence-corrected chi connectivity index (χ2v) is 8.66. The van der Waals surface area contributed by atoms with Crippen LogP contribution in [0, 0.1) is 12.3 Å². The Hall–Kier alpha value is -4.19. The van der Waals surface area contributed by atoms with Crippen LogP contribution in [-0.4, -0.2) is 67.2 Å². The van der Waals surface area contributed by atoms with Gasteiger partial charge in [-0.05, 0) is 62.1 Å². The van der Waals surface area contributed by atoms with Gasteiger partial charge in [0.25, 0.3) is 11.8 Å². The maximum atomic E-state index is 12.9. The molecule has 0 radical (unpaired) electrons. The predicted molar refractivity (Wildman–Crippen MR) is 145 cm³/mol. The molecule has 0 aliphatic carbocycles. The average Bonchev–Trinajstić information content (AvgIpc) is 2.87. The minimum Gasteiger partial charge on any atom is -0.321 e. The number of halogens is 1. The molecule has 0 spiro atoms. The van der Waals surface area contributed by atoms with E-state index in [1.165, 1.54) is 12.3 Å². The van der Waals surface area contributed by atoms with E-state index in [1.54, 1.807) is 54.7 Å². The SMILES string of the molecule is C#Cc1ccc(NC(=O)c2cc(Cl)ccc2NC(=O)c2ccc(C=NN(C)CCN(C)C)cc2)nc1. The first-order chi connectivity index (χ1) is 17.2. The highest BCUT2D eigenvalue weighted by Crippen LogP contribution is 2.23. The molecule has 36 heavy (non-hydrogen) atoms. The minimum atomic E-state index is -0.473. The molecule has 9 heteroatoms. The number of rotatable bonds is 9. The van der Waals surface area contributed by atoms with Crippen LogP contribution in [0.25, 0.3) is 0 Å². The summed E-state index contributed by atoms with van der Waals surface area (Å²) in [7, 11) is 5.93. The van der Waals surface area contributed by atoms with Gasteiger partial charge >= 0.3 is 0 Å². The third kappa shape index (κ3) is 7.67. The summed E-state index contributed by atoms with van der Waals surface area (Å²) in [5.74, 6) is 1.95. The van der Waals surface area contributed by atoms with Crippen LogP contribution in [0.15, 0.2) is 65.9 Å². The van der Waals surface area contributed by atoms with Gasteiger partial charge in [-0.2, -0.15) is 5.10 Å². The van der Waals surface area contributed by atoms with Gasteiger partial charge in [0.15, 0.2) is 0 Å². The molecule has 0 aliphatic heterocycles. The number of amides is 2. The number of hydrazone groups is 1. The number of nitrogens with one attached hydrogen (secondary N) is 2. The third-order valence-corrected chi connectivity index (χ3v) is 5.33. The number of carbonyl (C=O) groups excluding carboxylic acids is 2. The van der Waals surface area contributed by atoms with Gasteiger partial charge in [0.2, 0.25) is 0 Å². The van der Waals surface area contributed by atoms with E-state index in [2.05, 4.69) is 31.5 Å². The molecule has 8 nitrogen and oxygen atoms in total. The standard InChI is InChI=1S/C27H27ClN6O2/c1-5-19-8-13-25(29-17-19)32-27(36)23-16-22(28)11-12-24(23)31-26(35)21-9-6-20(7-10-21)18-30-34(4)15-14-33(2)3/h1,6-13,16-18H,14-15H2,2-4H3,(H,31,35)(H,29,32,36). The summed E-state index contributed by atoms with van der Waals surface area (Å²) in [4.78, 5) is 32.0. The van der Waals surface area contributed by atoms with Crippen molar-refractivity contribution in [3.05, 3.63) is 88.1 Å². The zero-order valence-corrected chi connectivity index (χ0v) is 21.1. The molecule has 0 aliphatic rings.